The molecule has 1 saturated heterocycles. The van der Waals surface area contributed by atoms with Crippen LogP contribution in [0.25, 0.3) is 11.1 Å². The molecule has 0 aliphatic carbocycles. The number of rotatable bonds is 1. The van der Waals surface area contributed by atoms with E-state index in [2.05, 4.69) is 20.9 Å². The number of hydrogen-bond donors (Lipinski definition) is 0. The van der Waals surface area contributed by atoms with Gasteiger partial charge in [-0.15, -0.1) is 0 Å². The summed E-state index contributed by atoms with van der Waals surface area (Å²) in [5.74, 6) is 0.768. The molecule has 0 spiro atoms. The quantitative estimate of drug-likeness (QED) is 0.736. The van der Waals surface area contributed by atoms with Crippen LogP contribution in [0.5, 0.6) is 0 Å². The fourth-order valence-electron chi connectivity index (χ4n) is 2.68. The van der Waals surface area contributed by atoms with Crippen LogP contribution in [0.3, 0.4) is 0 Å². The van der Waals surface area contributed by atoms with Crippen molar-refractivity contribution < 1.29 is 13.9 Å². The predicted octanol–water partition coefficient (Wildman–Crippen LogP) is 4.66. The Morgan fingerprint density at radius 3 is 2.95 bits per heavy atom. The van der Waals surface area contributed by atoms with Crippen molar-refractivity contribution in [3.05, 3.63) is 28.6 Å². The van der Waals surface area contributed by atoms with Gasteiger partial charge in [-0.1, -0.05) is 0 Å². The Morgan fingerprint density at radius 2 is 2.23 bits per heavy atom. The van der Waals surface area contributed by atoms with Gasteiger partial charge in [0.25, 0.3) is 0 Å². The van der Waals surface area contributed by atoms with E-state index in [-0.39, 0.29) is 12.1 Å². The first-order valence-corrected chi connectivity index (χ1v) is 8.17. The smallest absolute Gasteiger partial charge is 0.410 e. The van der Waals surface area contributed by atoms with Crippen molar-refractivity contribution in [3.63, 3.8) is 0 Å². The first-order valence-electron chi connectivity index (χ1n) is 7.38. The summed E-state index contributed by atoms with van der Waals surface area (Å²) >= 11 is 3.39. The van der Waals surface area contributed by atoms with E-state index in [1.54, 1.807) is 11.1 Å². The molecule has 0 radical (unpaired) electrons. The first kappa shape index (κ1) is 15.3. The zero-order valence-electron chi connectivity index (χ0n) is 12.9. The van der Waals surface area contributed by atoms with Crippen molar-refractivity contribution in [1.29, 1.82) is 0 Å². The lowest BCUT2D eigenvalue weighted by Gasteiger charge is -2.27. The number of pyridine rings is 1. The maximum atomic E-state index is 12.4. The van der Waals surface area contributed by atoms with Gasteiger partial charge in [0, 0.05) is 23.3 Å². The highest BCUT2D eigenvalue weighted by molar-refractivity contribution is 9.10. The molecule has 1 unspecified atom stereocenters. The van der Waals surface area contributed by atoms with Crippen LogP contribution in [0.2, 0.25) is 0 Å². The topological polar surface area (TPSA) is 55.6 Å². The monoisotopic (exact) mass is 366 g/mol. The van der Waals surface area contributed by atoms with Gasteiger partial charge < -0.3 is 9.15 Å². The standard InChI is InChI=1S/C16H19BrN2O3/c1-16(2,3)22-15(20)19-6-4-5-12(19)14-8-11-13(21-14)7-10(17)9-18-11/h7-9,12H,4-6H2,1-3H3. The van der Waals surface area contributed by atoms with E-state index in [1.807, 2.05) is 32.9 Å². The number of hydrogen-bond acceptors (Lipinski definition) is 4. The number of ether oxygens (including phenoxy) is 1. The lowest BCUT2D eigenvalue weighted by Crippen LogP contribution is -2.36. The summed E-state index contributed by atoms with van der Waals surface area (Å²) in [6, 6.07) is 3.72. The molecule has 0 N–H and O–H groups in total. The summed E-state index contributed by atoms with van der Waals surface area (Å²) in [7, 11) is 0. The van der Waals surface area contributed by atoms with E-state index in [0.717, 1.165) is 34.2 Å². The van der Waals surface area contributed by atoms with Gasteiger partial charge >= 0.3 is 6.09 Å². The average Bonchev–Trinajstić information content (AvgIpc) is 3.01. The second kappa shape index (κ2) is 5.57. The molecule has 2 aromatic heterocycles. The Morgan fingerprint density at radius 1 is 1.45 bits per heavy atom. The molecule has 3 heterocycles. The first-order chi connectivity index (χ1) is 10.3. The molecular formula is C16H19BrN2O3. The molecule has 1 aliphatic heterocycles. The highest BCUT2D eigenvalue weighted by Gasteiger charge is 2.35. The van der Waals surface area contributed by atoms with Crippen LogP contribution in [-0.4, -0.2) is 28.1 Å². The van der Waals surface area contributed by atoms with Gasteiger partial charge in [-0.25, -0.2) is 4.79 Å². The molecule has 22 heavy (non-hydrogen) atoms. The van der Waals surface area contributed by atoms with Crippen LogP contribution < -0.4 is 0 Å². The van der Waals surface area contributed by atoms with Crippen LogP contribution in [0.4, 0.5) is 4.79 Å². The maximum Gasteiger partial charge on any atom is 0.410 e. The van der Waals surface area contributed by atoms with Gasteiger partial charge in [0.1, 0.15) is 16.9 Å². The van der Waals surface area contributed by atoms with Gasteiger partial charge in [0.2, 0.25) is 0 Å². The summed E-state index contributed by atoms with van der Waals surface area (Å²) in [5.41, 5.74) is 1.03. The zero-order valence-corrected chi connectivity index (χ0v) is 14.5. The summed E-state index contributed by atoms with van der Waals surface area (Å²) in [4.78, 5) is 18.4. The Bertz CT molecular complexity index is 705. The Kier molecular flexibility index (Phi) is 3.89. The zero-order chi connectivity index (χ0) is 15.9. The summed E-state index contributed by atoms with van der Waals surface area (Å²) < 4.78 is 12.3. The van der Waals surface area contributed by atoms with Gasteiger partial charge in [-0.2, -0.15) is 0 Å². The fourth-order valence-corrected chi connectivity index (χ4v) is 2.99. The van der Waals surface area contributed by atoms with Crippen molar-refractivity contribution in [1.82, 2.24) is 9.88 Å². The van der Waals surface area contributed by atoms with E-state index in [9.17, 15) is 4.79 Å². The number of halogens is 1. The van der Waals surface area contributed by atoms with Crippen LogP contribution in [0, 0.1) is 0 Å². The largest absolute Gasteiger partial charge is 0.457 e. The minimum atomic E-state index is -0.496. The molecule has 3 rings (SSSR count). The third-order valence-electron chi connectivity index (χ3n) is 3.56. The lowest BCUT2D eigenvalue weighted by atomic mass is 10.1. The number of likely N-dealkylation sites (tertiary alicyclic amines) is 1. The van der Waals surface area contributed by atoms with Crippen molar-refractivity contribution in [3.8, 4) is 0 Å². The average molecular weight is 367 g/mol. The molecule has 1 aliphatic rings. The third kappa shape index (κ3) is 3.11. The predicted molar refractivity (Wildman–Crippen MR) is 86.6 cm³/mol. The number of carbonyl (C=O) groups is 1. The molecule has 5 nitrogen and oxygen atoms in total. The van der Waals surface area contributed by atoms with Crippen molar-refractivity contribution in [2.75, 3.05) is 6.54 Å². The molecule has 0 bridgehead atoms. The summed E-state index contributed by atoms with van der Waals surface area (Å²) in [6.07, 6.45) is 3.27. The van der Waals surface area contributed by atoms with Crippen LogP contribution >= 0.6 is 15.9 Å². The summed E-state index contributed by atoms with van der Waals surface area (Å²) in [5, 5.41) is 0. The van der Waals surface area contributed by atoms with E-state index in [4.69, 9.17) is 9.15 Å². The molecule has 1 amide bonds. The second-order valence-corrected chi connectivity index (χ2v) is 7.43. The molecule has 0 aromatic carbocycles. The van der Waals surface area contributed by atoms with Gasteiger partial charge in [0.05, 0.1) is 6.04 Å². The number of nitrogens with zero attached hydrogens (tertiary/aromatic N) is 2. The Balaban J connectivity index is 1.86. The van der Waals surface area contributed by atoms with Crippen molar-refractivity contribution >= 4 is 33.1 Å². The minimum Gasteiger partial charge on any atom is -0.457 e. The molecule has 0 saturated carbocycles. The summed E-state index contributed by atoms with van der Waals surface area (Å²) in [6.45, 7) is 6.31. The molecule has 2 aromatic rings. The maximum absolute atomic E-state index is 12.4. The van der Waals surface area contributed by atoms with Gasteiger partial charge in [-0.3, -0.25) is 9.88 Å². The molecule has 1 atom stereocenters. The Labute approximate surface area is 137 Å². The normalized spacial score (nSPS) is 18.9. The number of furan rings is 1. The minimum absolute atomic E-state index is 0.0807. The van der Waals surface area contributed by atoms with Crippen LogP contribution in [-0.2, 0) is 4.74 Å². The number of amides is 1. The molecule has 6 heteroatoms. The lowest BCUT2D eigenvalue weighted by molar-refractivity contribution is 0.0209. The van der Waals surface area contributed by atoms with Crippen LogP contribution in [0.15, 0.2) is 27.2 Å². The van der Waals surface area contributed by atoms with Crippen LogP contribution in [0.1, 0.15) is 45.4 Å². The molecule has 1 fully saturated rings. The van der Waals surface area contributed by atoms with Crippen molar-refractivity contribution in [2.45, 2.75) is 45.3 Å². The molecule has 118 valence electrons. The number of aromatic nitrogens is 1. The Hall–Kier alpha value is -1.56. The highest BCUT2D eigenvalue weighted by atomic mass is 79.9. The van der Waals surface area contributed by atoms with E-state index >= 15 is 0 Å². The van der Waals surface area contributed by atoms with E-state index in [0.29, 0.717) is 6.54 Å². The SMILES string of the molecule is CC(C)(C)OC(=O)N1CCCC1c1cc2ncc(Br)cc2o1. The number of fused-ring (bicyclic) bond motifs is 1. The van der Waals surface area contributed by atoms with Crippen molar-refractivity contribution in [2.24, 2.45) is 0 Å². The van der Waals surface area contributed by atoms with E-state index in [1.165, 1.54) is 0 Å². The highest BCUT2D eigenvalue weighted by Crippen LogP contribution is 2.36. The number of carbonyl (C=O) groups excluding carboxylic acids is 1. The van der Waals surface area contributed by atoms with Gasteiger partial charge in [0.15, 0.2) is 5.58 Å². The third-order valence-corrected chi connectivity index (χ3v) is 4.00. The fraction of sp³-hybridized carbons (Fsp3) is 0.500. The molecular weight excluding hydrogens is 348 g/mol. The van der Waals surface area contributed by atoms with Gasteiger partial charge in [-0.05, 0) is 55.6 Å². The van der Waals surface area contributed by atoms with E-state index < -0.39 is 5.60 Å². The second-order valence-electron chi connectivity index (χ2n) is 6.52.